The fraction of sp³-hybridized carbons (Fsp3) is 0.500. The number of ether oxygens (including phenoxy) is 1. The molecule has 2 N–H and O–H groups in total. The number of benzene rings is 1. The van der Waals surface area contributed by atoms with Crippen LogP contribution in [0.2, 0.25) is 0 Å². The van der Waals surface area contributed by atoms with Crippen molar-refractivity contribution in [3.05, 3.63) is 29.6 Å². The zero-order valence-electron chi connectivity index (χ0n) is 10.9. The zero-order valence-corrected chi connectivity index (χ0v) is 10.9. The number of aliphatic hydroxyl groups is 1. The van der Waals surface area contributed by atoms with Crippen LogP contribution in [0.4, 0.5) is 4.39 Å². The van der Waals surface area contributed by atoms with E-state index >= 15 is 0 Å². The second kappa shape index (κ2) is 6.02. The summed E-state index contributed by atoms with van der Waals surface area (Å²) in [5.74, 6) is -0.372. The Morgan fingerprint density at radius 1 is 1.47 bits per heavy atom. The molecule has 0 aromatic heterocycles. The minimum absolute atomic E-state index is 0.155. The highest BCUT2D eigenvalue weighted by Crippen LogP contribution is 2.23. The van der Waals surface area contributed by atoms with Gasteiger partial charge in [0.05, 0.1) is 6.10 Å². The maximum atomic E-state index is 13.7. The van der Waals surface area contributed by atoms with Crippen LogP contribution in [0.5, 0.6) is 5.75 Å². The molecule has 5 heteroatoms. The maximum Gasteiger partial charge on any atom is 0.261 e. The van der Waals surface area contributed by atoms with E-state index < -0.39 is 18.0 Å². The Hall–Kier alpha value is -1.62. The quantitative estimate of drug-likeness (QED) is 0.879. The summed E-state index contributed by atoms with van der Waals surface area (Å²) in [6.07, 6.45) is 1.03. The second-order valence-corrected chi connectivity index (χ2v) is 4.75. The molecule has 1 amide bonds. The van der Waals surface area contributed by atoms with Gasteiger partial charge in [0.15, 0.2) is 6.10 Å². The molecule has 4 nitrogen and oxygen atoms in total. The highest BCUT2D eigenvalue weighted by molar-refractivity contribution is 5.81. The summed E-state index contributed by atoms with van der Waals surface area (Å²) in [5.41, 5.74) is 0.220. The zero-order chi connectivity index (χ0) is 13.8. The number of rotatable bonds is 3. The van der Waals surface area contributed by atoms with Crippen LogP contribution in [0.3, 0.4) is 0 Å². The average molecular weight is 267 g/mol. The molecule has 1 aromatic carbocycles. The number of hydrogen-bond donors (Lipinski definition) is 2. The number of nitrogens with one attached hydrogen (secondary N) is 1. The van der Waals surface area contributed by atoms with E-state index in [0.717, 1.165) is 12.8 Å². The minimum Gasteiger partial charge on any atom is -0.481 e. The third-order valence-corrected chi connectivity index (χ3v) is 3.19. The van der Waals surface area contributed by atoms with E-state index in [2.05, 4.69) is 5.32 Å². The van der Waals surface area contributed by atoms with Crippen LogP contribution >= 0.6 is 0 Å². The lowest BCUT2D eigenvalue weighted by molar-refractivity contribution is -0.127. The predicted octanol–water partition coefficient (Wildman–Crippen LogP) is 1.93. The van der Waals surface area contributed by atoms with Gasteiger partial charge in [-0.1, -0.05) is 0 Å². The van der Waals surface area contributed by atoms with Crippen molar-refractivity contribution in [2.24, 2.45) is 0 Å². The van der Waals surface area contributed by atoms with Gasteiger partial charge in [0.1, 0.15) is 11.6 Å². The van der Waals surface area contributed by atoms with Crippen LogP contribution in [-0.4, -0.2) is 23.7 Å². The Labute approximate surface area is 111 Å². The van der Waals surface area contributed by atoms with Crippen LogP contribution < -0.4 is 10.1 Å². The highest BCUT2D eigenvalue weighted by Gasteiger charge is 2.22. The molecule has 0 aliphatic carbocycles. The summed E-state index contributed by atoms with van der Waals surface area (Å²) in [7, 11) is 0. The van der Waals surface area contributed by atoms with Crippen molar-refractivity contribution < 1.29 is 19.0 Å². The van der Waals surface area contributed by atoms with Gasteiger partial charge in [-0.05, 0) is 38.3 Å². The average Bonchev–Trinajstić information content (AvgIpc) is 2.55. The minimum atomic E-state index is -0.866. The van der Waals surface area contributed by atoms with E-state index in [4.69, 9.17) is 4.74 Å². The summed E-state index contributed by atoms with van der Waals surface area (Å²) in [6.45, 7) is 2.16. The van der Waals surface area contributed by atoms with Crippen molar-refractivity contribution in [2.75, 3.05) is 6.54 Å². The largest absolute Gasteiger partial charge is 0.481 e. The number of hydrogen-bond acceptors (Lipinski definition) is 3. The van der Waals surface area contributed by atoms with E-state index in [1.54, 1.807) is 6.07 Å². The van der Waals surface area contributed by atoms with Crippen molar-refractivity contribution in [1.29, 1.82) is 0 Å². The van der Waals surface area contributed by atoms with E-state index in [1.165, 1.54) is 19.1 Å². The van der Waals surface area contributed by atoms with Gasteiger partial charge in [-0.15, -0.1) is 0 Å². The van der Waals surface area contributed by atoms with Crippen molar-refractivity contribution in [3.8, 4) is 5.75 Å². The summed E-state index contributed by atoms with van der Waals surface area (Å²) in [6, 6.07) is 4.26. The molecule has 0 spiro atoms. The van der Waals surface area contributed by atoms with Gasteiger partial charge >= 0.3 is 0 Å². The maximum absolute atomic E-state index is 13.7. The molecule has 19 heavy (non-hydrogen) atoms. The monoisotopic (exact) mass is 267 g/mol. The van der Waals surface area contributed by atoms with Gasteiger partial charge in [0.2, 0.25) is 0 Å². The molecular formula is C14H18FNO3. The van der Waals surface area contributed by atoms with Gasteiger partial charge in [-0.3, -0.25) is 4.79 Å². The standard InChI is InChI=1S/C14H18FNO3/c1-9(17)11-6-5-10(8-12(11)15)19-13-4-2-3-7-16-14(13)18/h5-6,8-9,13,17H,2-4,7H2,1H3,(H,16,18). The lowest BCUT2D eigenvalue weighted by Crippen LogP contribution is -2.36. The molecule has 1 aliphatic heterocycles. The summed E-state index contributed by atoms with van der Waals surface area (Å²) < 4.78 is 19.2. The summed E-state index contributed by atoms with van der Waals surface area (Å²) in [5, 5.41) is 12.1. The molecule has 104 valence electrons. The van der Waals surface area contributed by atoms with Crippen LogP contribution in [0.1, 0.15) is 37.9 Å². The molecule has 0 saturated carbocycles. The summed E-state index contributed by atoms with van der Waals surface area (Å²) in [4.78, 5) is 11.7. The molecule has 1 heterocycles. The fourth-order valence-corrected chi connectivity index (χ4v) is 2.11. The number of amides is 1. The lowest BCUT2D eigenvalue weighted by Gasteiger charge is -2.16. The van der Waals surface area contributed by atoms with Crippen molar-refractivity contribution in [3.63, 3.8) is 0 Å². The Balaban J connectivity index is 2.10. The molecule has 0 bridgehead atoms. The number of aliphatic hydroxyl groups excluding tert-OH is 1. The van der Waals surface area contributed by atoms with E-state index in [9.17, 15) is 14.3 Å². The first-order valence-corrected chi connectivity index (χ1v) is 6.50. The molecular weight excluding hydrogens is 249 g/mol. The van der Waals surface area contributed by atoms with Crippen molar-refractivity contribution in [2.45, 2.75) is 38.4 Å². The molecule has 1 aromatic rings. The first-order valence-electron chi connectivity index (χ1n) is 6.50. The predicted molar refractivity (Wildman–Crippen MR) is 68.3 cm³/mol. The van der Waals surface area contributed by atoms with Gasteiger partial charge in [0.25, 0.3) is 5.91 Å². The lowest BCUT2D eigenvalue weighted by atomic mass is 10.1. The smallest absolute Gasteiger partial charge is 0.261 e. The fourth-order valence-electron chi connectivity index (χ4n) is 2.11. The topological polar surface area (TPSA) is 58.6 Å². The van der Waals surface area contributed by atoms with Crippen molar-refractivity contribution in [1.82, 2.24) is 5.32 Å². The molecule has 0 radical (unpaired) electrons. The third-order valence-electron chi connectivity index (χ3n) is 3.19. The van der Waals surface area contributed by atoms with E-state index in [1.807, 2.05) is 0 Å². The molecule has 2 unspecified atom stereocenters. The van der Waals surface area contributed by atoms with Crippen LogP contribution in [0.25, 0.3) is 0 Å². The van der Waals surface area contributed by atoms with E-state index in [-0.39, 0.29) is 11.5 Å². The van der Waals surface area contributed by atoms with Crippen LogP contribution in [-0.2, 0) is 4.79 Å². The number of halogens is 1. The number of carbonyl (C=O) groups is 1. The second-order valence-electron chi connectivity index (χ2n) is 4.75. The highest BCUT2D eigenvalue weighted by atomic mass is 19.1. The van der Waals surface area contributed by atoms with Gasteiger partial charge in [0, 0.05) is 18.2 Å². The molecule has 2 rings (SSSR count). The van der Waals surface area contributed by atoms with Gasteiger partial charge in [-0.2, -0.15) is 0 Å². The number of carbonyl (C=O) groups excluding carboxylic acids is 1. The van der Waals surface area contributed by atoms with Gasteiger partial charge in [-0.25, -0.2) is 4.39 Å². The van der Waals surface area contributed by atoms with Crippen molar-refractivity contribution >= 4 is 5.91 Å². The molecule has 1 aliphatic rings. The Morgan fingerprint density at radius 2 is 2.26 bits per heavy atom. The summed E-state index contributed by atoms with van der Waals surface area (Å²) >= 11 is 0. The van der Waals surface area contributed by atoms with Gasteiger partial charge < -0.3 is 15.2 Å². The third kappa shape index (κ3) is 3.44. The molecule has 1 fully saturated rings. The Morgan fingerprint density at radius 3 is 2.95 bits per heavy atom. The van der Waals surface area contributed by atoms with Crippen LogP contribution in [0.15, 0.2) is 18.2 Å². The SMILES string of the molecule is CC(O)c1ccc(OC2CCCCNC2=O)cc1F. The van der Waals surface area contributed by atoms with E-state index in [0.29, 0.717) is 18.7 Å². The normalized spacial score (nSPS) is 21.4. The Kier molecular flexibility index (Phi) is 4.37. The first-order chi connectivity index (χ1) is 9.08. The first kappa shape index (κ1) is 13.8. The molecule has 2 atom stereocenters. The Bertz CT molecular complexity index is 462. The molecule has 1 saturated heterocycles. The van der Waals surface area contributed by atoms with Crippen LogP contribution in [0, 0.1) is 5.82 Å².